The largest absolute Gasteiger partial charge is 0.378 e. The molecule has 0 atom stereocenters. The van der Waals surface area contributed by atoms with Gasteiger partial charge in [-0.1, -0.05) is 0 Å². The fourth-order valence-corrected chi connectivity index (χ4v) is 1.83. The Balaban J connectivity index is 1.95. The molecule has 0 bridgehead atoms. The summed E-state index contributed by atoms with van der Waals surface area (Å²) in [7, 11) is 3.95. The molecule has 2 aromatic heterocycles. The molecule has 2 rings (SSSR count). The molecular weight excluding hydrogens is 220 g/mol. The summed E-state index contributed by atoms with van der Waals surface area (Å²) in [6.07, 6.45) is 1.84. The summed E-state index contributed by atoms with van der Waals surface area (Å²) in [6.45, 7) is 0.743. The van der Waals surface area contributed by atoms with Crippen LogP contribution in [-0.2, 0) is 6.54 Å². The van der Waals surface area contributed by atoms with Gasteiger partial charge in [0.05, 0.1) is 29.6 Å². The van der Waals surface area contributed by atoms with Crippen molar-refractivity contribution in [3.05, 3.63) is 34.9 Å². The third kappa shape index (κ3) is 2.70. The number of thiazole rings is 1. The summed E-state index contributed by atoms with van der Waals surface area (Å²) in [6, 6.07) is 4.01. The lowest BCUT2D eigenvalue weighted by atomic mass is 10.3. The van der Waals surface area contributed by atoms with Gasteiger partial charge in [-0.05, 0) is 12.1 Å². The van der Waals surface area contributed by atoms with Crippen molar-refractivity contribution in [2.45, 2.75) is 6.54 Å². The summed E-state index contributed by atoms with van der Waals surface area (Å²) in [5.41, 5.74) is 3.91. The molecule has 0 aliphatic carbocycles. The van der Waals surface area contributed by atoms with E-state index in [1.807, 2.05) is 48.2 Å². The number of anilines is 2. The summed E-state index contributed by atoms with van der Waals surface area (Å²) < 4.78 is 0. The molecule has 2 aromatic rings. The number of nitrogens with one attached hydrogen (secondary N) is 1. The molecule has 0 amide bonds. The SMILES string of the molecule is CN(C)c1ccc(NCc2cscn2)cn1. The van der Waals surface area contributed by atoms with E-state index in [1.54, 1.807) is 11.3 Å². The van der Waals surface area contributed by atoms with Crippen LogP contribution in [0.2, 0.25) is 0 Å². The highest BCUT2D eigenvalue weighted by molar-refractivity contribution is 7.07. The van der Waals surface area contributed by atoms with Gasteiger partial charge in [0, 0.05) is 19.5 Å². The van der Waals surface area contributed by atoms with E-state index in [4.69, 9.17) is 0 Å². The maximum Gasteiger partial charge on any atom is 0.128 e. The van der Waals surface area contributed by atoms with Crippen molar-refractivity contribution < 1.29 is 0 Å². The number of rotatable bonds is 4. The second-order valence-electron chi connectivity index (χ2n) is 3.63. The fraction of sp³-hybridized carbons (Fsp3) is 0.273. The number of aromatic nitrogens is 2. The first-order valence-electron chi connectivity index (χ1n) is 5.00. The maximum absolute atomic E-state index is 4.32. The van der Waals surface area contributed by atoms with Crippen LogP contribution in [0, 0.1) is 0 Å². The molecule has 0 aromatic carbocycles. The van der Waals surface area contributed by atoms with Crippen LogP contribution in [0.15, 0.2) is 29.2 Å². The highest BCUT2D eigenvalue weighted by Gasteiger charge is 1.98. The Morgan fingerprint density at radius 3 is 2.75 bits per heavy atom. The molecule has 16 heavy (non-hydrogen) atoms. The minimum absolute atomic E-state index is 0.743. The molecular formula is C11H14N4S. The molecule has 5 heteroatoms. The van der Waals surface area contributed by atoms with Crippen molar-refractivity contribution in [2.75, 3.05) is 24.3 Å². The van der Waals surface area contributed by atoms with Crippen LogP contribution >= 0.6 is 11.3 Å². The van der Waals surface area contributed by atoms with Crippen LogP contribution in [0.25, 0.3) is 0 Å². The third-order valence-electron chi connectivity index (χ3n) is 2.16. The summed E-state index contributed by atoms with van der Waals surface area (Å²) in [5, 5.41) is 5.31. The van der Waals surface area contributed by atoms with Gasteiger partial charge in [-0.25, -0.2) is 9.97 Å². The molecule has 2 heterocycles. The lowest BCUT2D eigenvalue weighted by Crippen LogP contribution is -2.10. The van der Waals surface area contributed by atoms with Crippen LogP contribution in [0.1, 0.15) is 5.69 Å². The molecule has 0 spiro atoms. The van der Waals surface area contributed by atoms with Gasteiger partial charge in [-0.2, -0.15) is 0 Å². The van der Waals surface area contributed by atoms with E-state index in [1.165, 1.54) is 0 Å². The van der Waals surface area contributed by atoms with Crippen molar-refractivity contribution in [1.29, 1.82) is 0 Å². The van der Waals surface area contributed by atoms with Gasteiger partial charge in [0.25, 0.3) is 0 Å². The van der Waals surface area contributed by atoms with Crippen LogP contribution in [0.4, 0.5) is 11.5 Å². The van der Waals surface area contributed by atoms with E-state index in [2.05, 4.69) is 15.3 Å². The lowest BCUT2D eigenvalue weighted by Gasteiger charge is -2.11. The predicted molar refractivity (Wildman–Crippen MR) is 68.0 cm³/mol. The van der Waals surface area contributed by atoms with E-state index < -0.39 is 0 Å². The van der Waals surface area contributed by atoms with Crippen molar-refractivity contribution in [3.63, 3.8) is 0 Å². The number of pyridine rings is 1. The minimum atomic E-state index is 0.743. The third-order valence-corrected chi connectivity index (χ3v) is 2.80. The zero-order valence-corrected chi connectivity index (χ0v) is 10.2. The van der Waals surface area contributed by atoms with Gasteiger partial charge >= 0.3 is 0 Å². The first kappa shape index (κ1) is 10.9. The quantitative estimate of drug-likeness (QED) is 0.880. The van der Waals surface area contributed by atoms with Crippen molar-refractivity contribution in [2.24, 2.45) is 0 Å². The fourth-order valence-electron chi connectivity index (χ4n) is 1.27. The molecule has 84 valence electrons. The molecule has 0 saturated heterocycles. The van der Waals surface area contributed by atoms with Gasteiger partial charge in [0.2, 0.25) is 0 Å². The summed E-state index contributed by atoms with van der Waals surface area (Å²) in [4.78, 5) is 10.5. The first-order valence-corrected chi connectivity index (χ1v) is 5.94. The maximum atomic E-state index is 4.32. The molecule has 1 N–H and O–H groups in total. The van der Waals surface area contributed by atoms with Crippen molar-refractivity contribution >= 4 is 22.8 Å². The van der Waals surface area contributed by atoms with Crippen molar-refractivity contribution in [3.8, 4) is 0 Å². The Kier molecular flexibility index (Phi) is 3.36. The van der Waals surface area contributed by atoms with Gasteiger partial charge < -0.3 is 10.2 Å². The van der Waals surface area contributed by atoms with E-state index in [-0.39, 0.29) is 0 Å². The van der Waals surface area contributed by atoms with E-state index in [0.29, 0.717) is 0 Å². The molecule has 0 aliphatic heterocycles. The number of hydrogen-bond acceptors (Lipinski definition) is 5. The highest BCUT2D eigenvalue weighted by atomic mass is 32.1. The van der Waals surface area contributed by atoms with E-state index >= 15 is 0 Å². The summed E-state index contributed by atoms with van der Waals surface area (Å²) in [5.74, 6) is 0.958. The standard InChI is InChI=1S/C11H14N4S/c1-15(2)11-4-3-9(5-13-11)12-6-10-7-16-8-14-10/h3-5,7-8,12H,6H2,1-2H3. The second kappa shape index (κ2) is 4.94. The lowest BCUT2D eigenvalue weighted by molar-refractivity contribution is 1.05. The molecule has 0 radical (unpaired) electrons. The first-order chi connectivity index (χ1) is 7.75. The van der Waals surface area contributed by atoms with Crippen molar-refractivity contribution in [1.82, 2.24) is 9.97 Å². The second-order valence-corrected chi connectivity index (χ2v) is 4.35. The average molecular weight is 234 g/mol. The van der Waals surface area contributed by atoms with Gasteiger partial charge in [-0.15, -0.1) is 11.3 Å². The zero-order chi connectivity index (χ0) is 11.4. The topological polar surface area (TPSA) is 41.0 Å². The molecule has 0 fully saturated rings. The Morgan fingerprint density at radius 1 is 1.31 bits per heavy atom. The smallest absolute Gasteiger partial charge is 0.128 e. The van der Waals surface area contributed by atoms with Crippen LogP contribution in [0.5, 0.6) is 0 Å². The average Bonchev–Trinajstić information content (AvgIpc) is 2.80. The van der Waals surface area contributed by atoms with Crippen LogP contribution < -0.4 is 10.2 Å². The summed E-state index contributed by atoms with van der Waals surface area (Å²) >= 11 is 1.61. The van der Waals surface area contributed by atoms with Gasteiger partial charge in [0.15, 0.2) is 0 Å². The molecule has 4 nitrogen and oxygen atoms in total. The predicted octanol–water partition coefficient (Wildman–Crippen LogP) is 2.22. The Morgan fingerprint density at radius 2 is 2.19 bits per heavy atom. The molecule has 0 unspecified atom stereocenters. The van der Waals surface area contributed by atoms with E-state index in [9.17, 15) is 0 Å². The zero-order valence-electron chi connectivity index (χ0n) is 9.34. The van der Waals surface area contributed by atoms with Gasteiger partial charge in [0.1, 0.15) is 5.82 Å². The van der Waals surface area contributed by atoms with Gasteiger partial charge in [-0.3, -0.25) is 0 Å². The normalized spacial score (nSPS) is 10.1. The Hall–Kier alpha value is -1.62. The number of nitrogens with zero attached hydrogens (tertiary/aromatic N) is 3. The van der Waals surface area contributed by atoms with Crippen LogP contribution in [-0.4, -0.2) is 24.1 Å². The molecule has 0 aliphatic rings. The highest BCUT2D eigenvalue weighted by Crippen LogP contribution is 2.12. The van der Waals surface area contributed by atoms with Crippen LogP contribution in [0.3, 0.4) is 0 Å². The molecule has 0 saturated carbocycles. The monoisotopic (exact) mass is 234 g/mol. The number of hydrogen-bond donors (Lipinski definition) is 1. The minimum Gasteiger partial charge on any atom is -0.378 e. The Labute approximate surface area is 99.0 Å². The Bertz CT molecular complexity index is 422. The van der Waals surface area contributed by atoms with E-state index in [0.717, 1.165) is 23.7 Å².